The van der Waals surface area contributed by atoms with Crippen molar-refractivity contribution in [2.75, 3.05) is 5.43 Å². The highest BCUT2D eigenvalue weighted by Crippen LogP contribution is 1.95. The fourth-order valence-electron chi connectivity index (χ4n) is 0.485. The van der Waals surface area contributed by atoms with Crippen molar-refractivity contribution < 1.29 is 4.48 Å². The summed E-state index contributed by atoms with van der Waals surface area (Å²) in [6.45, 7) is 0. The second kappa shape index (κ2) is 7.53. The van der Waals surface area contributed by atoms with E-state index in [-0.39, 0.29) is 24.8 Å². The number of rotatable bonds is 2. The number of pyridine rings is 1. The number of anilines is 1. The highest BCUT2D eigenvalue weighted by atomic mass is 35.5. The first kappa shape index (κ1) is 13.0. The van der Waals surface area contributed by atoms with Crippen molar-refractivity contribution in [1.82, 2.24) is 10.6 Å². The summed E-state index contributed by atoms with van der Waals surface area (Å²) in [6.07, 6.45) is 1.57. The van der Waals surface area contributed by atoms with Crippen molar-refractivity contribution in [3.05, 3.63) is 24.4 Å². The van der Waals surface area contributed by atoms with E-state index in [1.807, 2.05) is 0 Å². The van der Waals surface area contributed by atoms with Crippen LogP contribution in [-0.2, 0) is 0 Å². The maximum Gasteiger partial charge on any atom is 0.142 e. The van der Waals surface area contributed by atoms with E-state index >= 15 is 0 Å². The zero-order chi connectivity index (χ0) is 6.53. The van der Waals surface area contributed by atoms with Crippen LogP contribution < -0.4 is 11.1 Å². The SMILES string of the molecule is Cl.Cl.FNNc1ccccn1. The summed E-state index contributed by atoms with van der Waals surface area (Å²) < 4.78 is 11.3. The Morgan fingerprint density at radius 3 is 2.45 bits per heavy atom. The number of hydrogen-bond donors (Lipinski definition) is 2. The average Bonchev–Trinajstić information content (AvgIpc) is 1.91. The molecule has 1 aromatic heterocycles. The van der Waals surface area contributed by atoms with Gasteiger partial charge >= 0.3 is 0 Å². The molecule has 6 heteroatoms. The third-order valence-corrected chi connectivity index (χ3v) is 0.840. The predicted molar refractivity (Wildman–Crippen MR) is 46.6 cm³/mol. The molecule has 2 N–H and O–H groups in total. The number of nitrogens with zero attached hydrogens (tertiary/aromatic N) is 1. The Bertz CT molecular complexity index is 173. The molecule has 64 valence electrons. The summed E-state index contributed by atoms with van der Waals surface area (Å²) in [4.78, 5) is 3.75. The fraction of sp³-hybridized carbons (Fsp3) is 0. The molecule has 0 saturated heterocycles. The Morgan fingerprint density at radius 2 is 2.00 bits per heavy atom. The molecule has 0 unspecified atom stereocenters. The summed E-state index contributed by atoms with van der Waals surface area (Å²) in [6, 6.07) is 5.16. The van der Waals surface area contributed by atoms with Crippen LogP contribution in [0.2, 0.25) is 0 Å². The van der Waals surface area contributed by atoms with Crippen LogP contribution in [0.1, 0.15) is 0 Å². The van der Waals surface area contributed by atoms with Gasteiger partial charge in [0.2, 0.25) is 0 Å². The molecule has 0 atom stereocenters. The second-order valence-corrected chi connectivity index (χ2v) is 1.43. The molecule has 0 aliphatic heterocycles. The van der Waals surface area contributed by atoms with E-state index in [0.29, 0.717) is 5.82 Å². The van der Waals surface area contributed by atoms with Crippen LogP contribution in [0.25, 0.3) is 0 Å². The molecule has 0 bridgehead atoms. The first-order valence-corrected chi connectivity index (χ1v) is 2.46. The number of hydrazine groups is 1. The lowest BCUT2D eigenvalue weighted by Gasteiger charge is -1.96. The molecule has 11 heavy (non-hydrogen) atoms. The molecular formula is C5H8Cl2FN3. The zero-order valence-electron chi connectivity index (χ0n) is 5.45. The van der Waals surface area contributed by atoms with Crippen LogP contribution >= 0.6 is 24.8 Å². The lowest BCUT2D eigenvalue weighted by atomic mass is 10.5. The third-order valence-electron chi connectivity index (χ3n) is 0.840. The van der Waals surface area contributed by atoms with Gasteiger partial charge in [-0.1, -0.05) is 11.7 Å². The minimum absolute atomic E-state index is 0. The lowest BCUT2D eigenvalue weighted by molar-refractivity contribution is 0.375. The quantitative estimate of drug-likeness (QED) is 0.563. The van der Waals surface area contributed by atoms with Crippen LogP contribution in [0.15, 0.2) is 24.4 Å². The average molecular weight is 200 g/mol. The van der Waals surface area contributed by atoms with Crippen molar-refractivity contribution in [3.8, 4) is 0 Å². The number of halogens is 3. The summed E-state index contributed by atoms with van der Waals surface area (Å²) in [5.41, 5.74) is 3.45. The predicted octanol–water partition coefficient (Wildman–Crippen LogP) is 1.73. The lowest BCUT2D eigenvalue weighted by Crippen LogP contribution is -2.10. The van der Waals surface area contributed by atoms with E-state index in [0.717, 1.165) is 0 Å². The van der Waals surface area contributed by atoms with E-state index in [1.54, 1.807) is 24.4 Å². The molecule has 0 aliphatic rings. The normalized spacial score (nSPS) is 7.36. The van der Waals surface area contributed by atoms with E-state index in [4.69, 9.17) is 0 Å². The largest absolute Gasteiger partial charge is 0.278 e. The van der Waals surface area contributed by atoms with Crippen LogP contribution in [0.4, 0.5) is 10.3 Å². The van der Waals surface area contributed by atoms with Gasteiger partial charge in [-0.15, -0.1) is 29.3 Å². The standard InChI is InChI=1S/C5H6FN3.2ClH/c6-9-8-5-3-1-2-4-7-5;;/h1-4,9H,(H,7,8);2*1H. The molecule has 0 saturated carbocycles. The molecule has 0 aromatic carbocycles. The molecule has 0 radical (unpaired) electrons. The number of nitrogens with one attached hydrogen (secondary N) is 2. The maximum absolute atomic E-state index is 11.3. The van der Waals surface area contributed by atoms with Gasteiger partial charge in [0, 0.05) is 6.20 Å². The minimum Gasteiger partial charge on any atom is -0.278 e. The fourth-order valence-corrected chi connectivity index (χ4v) is 0.485. The van der Waals surface area contributed by atoms with Crippen molar-refractivity contribution in [2.24, 2.45) is 0 Å². The first-order chi connectivity index (χ1) is 4.43. The van der Waals surface area contributed by atoms with E-state index in [2.05, 4.69) is 10.4 Å². The Balaban J connectivity index is 0. The van der Waals surface area contributed by atoms with Crippen molar-refractivity contribution in [3.63, 3.8) is 0 Å². The van der Waals surface area contributed by atoms with Crippen molar-refractivity contribution >= 4 is 30.6 Å². The molecule has 1 aromatic rings. The highest BCUT2D eigenvalue weighted by molar-refractivity contribution is 5.85. The van der Waals surface area contributed by atoms with E-state index in [1.165, 1.54) is 5.65 Å². The van der Waals surface area contributed by atoms with Crippen LogP contribution in [0, 0.1) is 0 Å². The molecule has 3 nitrogen and oxygen atoms in total. The van der Waals surface area contributed by atoms with Crippen LogP contribution in [-0.4, -0.2) is 4.98 Å². The molecule has 1 heterocycles. The number of aromatic nitrogens is 1. The third kappa shape index (κ3) is 4.78. The first-order valence-electron chi connectivity index (χ1n) is 2.46. The van der Waals surface area contributed by atoms with Crippen molar-refractivity contribution in [2.45, 2.75) is 0 Å². The minimum atomic E-state index is 0. The molecule has 0 amide bonds. The van der Waals surface area contributed by atoms with Gasteiger partial charge in [0.05, 0.1) is 0 Å². The van der Waals surface area contributed by atoms with Gasteiger partial charge in [-0.25, -0.2) is 4.98 Å². The van der Waals surface area contributed by atoms with Crippen LogP contribution in [0.5, 0.6) is 0 Å². The Morgan fingerprint density at radius 1 is 1.27 bits per heavy atom. The Kier molecular flexibility index (Phi) is 8.92. The highest BCUT2D eigenvalue weighted by Gasteiger charge is 1.84. The van der Waals surface area contributed by atoms with Gasteiger partial charge in [-0.05, 0) is 12.1 Å². The summed E-state index contributed by atoms with van der Waals surface area (Å²) in [5, 5.41) is 0. The molecule has 0 aliphatic carbocycles. The summed E-state index contributed by atoms with van der Waals surface area (Å²) in [7, 11) is 0. The van der Waals surface area contributed by atoms with E-state index < -0.39 is 0 Å². The van der Waals surface area contributed by atoms with Gasteiger partial charge in [0.1, 0.15) is 5.82 Å². The maximum atomic E-state index is 11.3. The topological polar surface area (TPSA) is 37.0 Å². The smallest absolute Gasteiger partial charge is 0.142 e. The number of hydrogen-bond acceptors (Lipinski definition) is 3. The second-order valence-electron chi connectivity index (χ2n) is 1.43. The van der Waals surface area contributed by atoms with Gasteiger partial charge in [0.25, 0.3) is 0 Å². The molecule has 1 rings (SSSR count). The monoisotopic (exact) mass is 199 g/mol. The van der Waals surface area contributed by atoms with Crippen LogP contribution in [0.3, 0.4) is 0 Å². The van der Waals surface area contributed by atoms with Gasteiger partial charge in [-0.2, -0.15) is 0 Å². The van der Waals surface area contributed by atoms with E-state index in [9.17, 15) is 4.48 Å². The zero-order valence-corrected chi connectivity index (χ0v) is 7.08. The molecule has 0 spiro atoms. The Hall–Kier alpha value is -0.580. The summed E-state index contributed by atoms with van der Waals surface area (Å²) >= 11 is 0. The Labute approximate surface area is 76.1 Å². The van der Waals surface area contributed by atoms with Crippen molar-refractivity contribution in [1.29, 1.82) is 0 Å². The van der Waals surface area contributed by atoms with Gasteiger partial charge < -0.3 is 0 Å². The van der Waals surface area contributed by atoms with Gasteiger partial charge in [0.15, 0.2) is 0 Å². The molecular weight excluding hydrogens is 192 g/mol. The molecule has 0 fully saturated rings. The summed E-state index contributed by atoms with van der Waals surface area (Å²) in [5.74, 6) is 0.458. The van der Waals surface area contributed by atoms with Gasteiger partial charge in [-0.3, -0.25) is 5.43 Å².